The standard InChI is InChI=1S/C25H17ClN5OS2/c1-2-32-19-9-5-15(6-10-19)22-20(11-27)23(29)31-25(21(22)12-28)34-14-18-13-33-24(30-18)16-3-7-17(26)8-4-16/h3-10,13H,1-2,14H2,(H2,29,31). The van der Waals surface area contributed by atoms with E-state index in [1.807, 2.05) is 29.6 Å². The summed E-state index contributed by atoms with van der Waals surface area (Å²) in [6.07, 6.45) is 0. The number of aromatic nitrogens is 2. The maximum atomic E-state index is 9.97. The first-order valence-electron chi connectivity index (χ1n) is 10.0. The van der Waals surface area contributed by atoms with Crippen LogP contribution in [0.25, 0.3) is 21.7 Å². The number of thiazole rings is 1. The van der Waals surface area contributed by atoms with Gasteiger partial charge in [0, 0.05) is 27.3 Å². The van der Waals surface area contributed by atoms with Crippen LogP contribution in [-0.2, 0) is 5.75 Å². The molecule has 34 heavy (non-hydrogen) atoms. The van der Waals surface area contributed by atoms with Gasteiger partial charge in [-0.3, -0.25) is 0 Å². The molecule has 9 heteroatoms. The molecule has 0 fully saturated rings. The molecule has 167 valence electrons. The molecule has 0 aliphatic carbocycles. The molecule has 0 spiro atoms. The summed E-state index contributed by atoms with van der Waals surface area (Å²) in [5, 5.41) is 23.7. The van der Waals surface area contributed by atoms with Gasteiger partial charge in [-0.25, -0.2) is 9.97 Å². The van der Waals surface area contributed by atoms with E-state index in [4.69, 9.17) is 22.1 Å². The summed E-state index contributed by atoms with van der Waals surface area (Å²) in [6.45, 7) is 3.96. The van der Waals surface area contributed by atoms with E-state index in [0.717, 1.165) is 16.3 Å². The quantitative estimate of drug-likeness (QED) is 0.293. The summed E-state index contributed by atoms with van der Waals surface area (Å²) in [4.78, 5) is 9.05. The van der Waals surface area contributed by atoms with Crippen molar-refractivity contribution in [3.05, 3.63) is 82.7 Å². The number of benzene rings is 2. The molecule has 0 atom stereocenters. The molecule has 1 radical (unpaired) electrons. The minimum atomic E-state index is 0.0808. The van der Waals surface area contributed by atoms with Crippen molar-refractivity contribution < 1.29 is 4.74 Å². The Labute approximate surface area is 210 Å². The predicted molar refractivity (Wildman–Crippen MR) is 136 cm³/mol. The number of nitrogens with two attached hydrogens (primary N) is 1. The van der Waals surface area contributed by atoms with E-state index in [2.05, 4.69) is 29.0 Å². The van der Waals surface area contributed by atoms with Crippen molar-refractivity contribution in [2.24, 2.45) is 0 Å². The largest absolute Gasteiger partial charge is 0.494 e. The first kappa shape index (κ1) is 23.6. The van der Waals surface area contributed by atoms with Gasteiger partial charge in [0.15, 0.2) is 0 Å². The monoisotopic (exact) mass is 502 g/mol. The number of halogens is 1. The van der Waals surface area contributed by atoms with E-state index in [9.17, 15) is 10.5 Å². The van der Waals surface area contributed by atoms with Gasteiger partial charge in [0.1, 0.15) is 39.3 Å². The van der Waals surface area contributed by atoms with E-state index < -0.39 is 0 Å². The number of rotatable bonds is 7. The topological polar surface area (TPSA) is 109 Å². The van der Waals surface area contributed by atoms with Crippen molar-refractivity contribution in [2.75, 3.05) is 12.3 Å². The van der Waals surface area contributed by atoms with Crippen molar-refractivity contribution >= 4 is 40.5 Å². The van der Waals surface area contributed by atoms with E-state index in [1.165, 1.54) is 23.1 Å². The normalized spacial score (nSPS) is 10.5. The third kappa shape index (κ3) is 5.00. The summed E-state index contributed by atoms with van der Waals surface area (Å²) in [5.74, 6) is 1.22. The van der Waals surface area contributed by atoms with Gasteiger partial charge in [0.05, 0.1) is 17.9 Å². The zero-order valence-electron chi connectivity index (χ0n) is 17.8. The van der Waals surface area contributed by atoms with Crippen LogP contribution in [0, 0.1) is 29.6 Å². The van der Waals surface area contributed by atoms with E-state index in [1.54, 1.807) is 24.3 Å². The Balaban J connectivity index is 1.65. The van der Waals surface area contributed by atoms with Crippen LogP contribution < -0.4 is 10.5 Å². The van der Waals surface area contributed by atoms with Crippen molar-refractivity contribution in [1.29, 1.82) is 10.5 Å². The second-order valence-electron chi connectivity index (χ2n) is 6.96. The Kier molecular flexibility index (Phi) is 7.34. The molecule has 0 aliphatic rings. The lowest BCUT2D eigenvalue weighted by Gasteiger charge is -2.13. The first-order valence-corrected chi connectivity index (χ1v) is 12.3. The summed E-state index contributed by atoms with van der Waals surface area (Å²) in [7, 11) is 0. The summed E-state index contributed by atoms with van der Waals surface area (Å²) in [5.41, 5.74) is 9.57. The molecule has 4 aromatic rings. The molecule has 2 heterocycles. The highest BCUT2D eigenvalue weighted by atomic mass is 35.5. The second kappa shape index (κ2) is 10.6. The van der Waals surface area contributed by atoms with Gasteiger partial charge in [0.2, 0.25) is 0 Å². The first-order chi connectivity index (χ1) is 16.5. The molecule has 0 aliphatic heterocycles. The molecule has 0 amide bonds. The average Bonchev–Trinajstić information content (AvgIpc) is 3.32. The van der Waals surface area contributed by atoms with Crippen LogP contribution >= 0.6 is 34.7 Å². The van der Waals surface area contributed by atoms with Crippen LogP contribution in [0.4, 0.5) is 5.82 Å². The van der Waals surface area contributed by atoms with Crippen molar-refractivity contribution in [2.45, 2.75) is 10.8 Å². The number of ether oxygens (including phenoxy) is 1. The molecule has 6 nitrogen and oxygen atoms in total. The SMILES string of the molecule is [CH2]COc1ccc(-c2c(C#N)c(N)nc(SCc3csc(-c4ccc(Cl)cc4)n3)c2C#N)cc1. The van der Waals surface area contributed by atoms with Crippen LogP contribution in [0.5, 0.6) is 5.75 Å². The van der Waals surface area contributed by atoms with Gasteiger partial charge >= 0.3 is 0 Å². The third-order valence-electron chi connectivity index (χ3n) is 4.83. The Bertz CT molecular complexity index is 1400. The van der Waals surface area contributed by atoms with Crippen molar-refractivity contribution in [3.8, 4) is 39.6 Å². The summed E-state index contributed by atoms with van der Waals surface area (Å²) in [6, 6.07) is 18.9. The third-order valence-corrected chi connectivity index (χ3v) is 7.03. The highest BCUT2D eigenvalue weighted by Crippen LogP contribution is 2.37. The van der Waals surface area contributed by atoms with Gasteiger partial charge in [-0.15, -0.1) is 11.3 Å². The molecule has 2 N–H and O–H groups in total. The van der Waals surface area contributed by atoms with Crippen LogP contribution in [0.1, 0.15) is 16.8 Å². The van der Waals surface area contributed by atoms with Gasteiger partial charge in [-0.05, 0) is 36.8 Å². The smallest absolute Gasteiger partial charge is 0.143 e. The minimum absolute atomic E-state index is 0.0808. The van der Waals surface area contributed by atoms with Crippen LogP contribution in [0.3, 0.4) is 0 Å². The molecule has 4 rings (SSSR count). The number of thioether (sulfide) groups is 1. The molecule has 0 saturated carbocycles. The Morgan fingerprint density at radius 2 is 1.68 bits per heavy atom. The van der Waals surface area contributed by atoms with E-state index >= 15 is 0 Å². The number of anilines is 1. The number of hydrogen-bond acceptors (Lipinski definition) is 8. The fraction of sp³-hybridized carbons (Fsp3) is 0.0800. The number of nitrogens with zero attached hydrogens (tertiary/aromatic N) is 4. The molecule has 2 aromatic heterocycles. The van der Waals surface area contributed by atoms with Crippen molar-refractivity contribution in [1.82, 2.24) is 9.97 Å². The fourth-order valence-corrected chi connectivity index (χ4v) is 5.21. The fourth-order valence-electron chi connectivity index (χ4n) is 3.27. The van der Waals surface area contributed by atoms with Crippen LogP contribution in [0.2, 0.25) is 5.02 Å². The van der Waals surface area contributed by atoms with Crippen LogP contribution in [-0.4, -0.2) is 16.6 Å². The lowest BCUT2D eigenvalue weighted by atomic mass is 9.97. The van der Waals surface area contributed by atoms with Gasteiger partial charge < -0.3 is 10.5 Å². The summed E-state index contributed by atoms with van der Waals surface area (Å²) < 4.78 is 5.39. The number of nitriles is 2. The highest BCUT2D eigenvalue weighted by molar-refractivity contribution is 7.98. The number of hydrogen-bond donors (Lipinski definition) is 1. The maximum Gasteiger partial charge on any atom is 0.143 e. The molecular formula is C25H17ClN5OS2. The lowest BCUT2D eigenvalue weighted by Crippen LogP contribution is -2.03. The van der Waals surface area contributed by atoms with Gasteiger partial charge in [-0.2, -0.15) is 10.5 Å². The molecule has 0 saturated heterocycles. The lowest BCUT2D eigenvalue weighted by molar-refractivity contribution is 0.361. The highest BCUT2D eigenvalue weighted by Gasteiger charge is 2.21. The Morgan fingerprint density at radius 3 is 2.32 bits per heavy atom. The van der Waals surface area contributed by atoms with Crippen molar-refractivity contribution in [3.63, 3.8) is 0 Å². The zero-order valence-corrected chi connectivity index (χ0v) is 20.2. The minimum Gasteiger partial charge on any atom is -0.494 e. The Morgan fingerprint density at radius 1 is 1.00 bits per heavy atom. The second-order valence-corrected chi connectivity index (χ2v) is 9.22. The number of pyridine rings is 1. The molecular weight excluding hydrogens is 486 g/mol. The summed E-state index contributed by atoms with van der Waals surface area (Å²) >= 11 is 8.86. The maximum absolute atomic E-state index is 9.97. The van der Waals surface area contributed by atoms with E-state index in [0.29, 0.717) is 44.8 Å². The molecule has 0 unspecified atom stereocenters. The Hall–Kier alpha value is -3.56. The number of nitrogen functional groups attached to an aromatic ring is 1. The zero-order chi connectivity index (χ0) is 24.1. The average molecular weight is 503 g/mol. The van der Waals surface area contributed by atoms with E-state index in [-0.39, 0.29) is 11.4 Å². The van der Waals surface area contributed by atoms with Gasteiger partial charge in [0.25, 0.3) is 0 Å². The molecule has 2 aromatic carbocycles. The van der Waals surface area contributed by atoms with Crippen LogP contribution in [0.15, 0.2) is 58.9 Å². The predicted octanol–water partition coefficient (Wildman–Crippen LogP) is 6.36. The molecule has 0 bridgehead atoms. The van der Waals surface area contributed by atoms with Gasteiger partial charge in [-0.1, -0.05) is 47.6 Å².